The van der Waals surface area contributed by atoms with Gasteiger partial charge >= 0.3 is 0 Å². The van der Waals surface area contributed by atoms with E-state index in [1.807, 2.05) is 47.3 Å². The van der Waals surface area contributed by atoms with Crippen LogP contribution in [0.1, 0.15) is 31.0 Å². The van der Waals surface area contributed by atoms with Gasteiger partial charge in [0.25, 0.3) is 0 Å². The van der Waals surface area contributed by atoms with Crippen LogP contribution in [0, 0.1) is 6.92 Å². The van der Waals surface area contributed by atoms with Crippen molar-refractivity contribution in [3.63, 3.8) is 0 Å². The maximum absolute atomic E-state index is 6.75. The van der Waals surface area contributed by atoms with Crippen molar-refractivity contribution in [2.75, 3.05) is 0 Å². The Kier molecular flexibility index (Phi) is 4.88. The van der Waals surface area contributed by atoms with Gasteiger partial charge in [-0.3, -0.25) is 0 Å². The van der Waals surface area contributed by atoms with Gasteiger partial charge in [0.15, 0.2) is 0 Å². The van der Waals surface area contributed by atoms with Crippen molar-refractivity contribution in [3.05, 3.63) is 90.1 Å². The average Bonchev–Trinajstić information content (AvgIpc) is 3.39. The second-order valence-electron chi connectivity index (χ2n) is 10.2. The van der Waals surface area contributed by atoms with Crippen molar-refractivity contribution in [3.8, 4) is 17.0 Å². The van der Waals surface area contributed by atoms with Crippen LogP contribution in [0.5, 0.6) is 5.75 Å². The van der Waals surface area contributed by atoms with Crippen LogP contribution in [0.25, 0.3) is 44.1 Å². The molecule has 3 heterocycles. The van der Waals surface area contributed by atoms with E-state index in [9.17, 15) is 0 Å². The van der Waals surface area contributed by atoms with Crippen LogP contribution >= 0.6 is 15.9 Å². The molecule has 0 saturated carbocycles. The van der Waals surface area contributed by atoms with Gasteiger partial charge in [0.05, 0.1) is 33.1 Å². The Bertz CT molecular complexity index is 1830. The number of ether oxygens (including phenoxy) is 1. The molecule has 6 aromatic rings. The first-order valence-electron chi connectivity index (χ1n) is 12.3. The molecule has 182 valence electrons. The quantitative estimate of drug-likeness (QED) is 0.132. The van der Waals surface area contributed by atoms with Crippen LogP contribution in [0.3, 0.4) is 0 Å². The summed E-state index contributed by atoms with van der Waals surface area (Å²) >= 11 is 4.00. The highest BCUT2D eigenvalue weighted by molar-refractivity contribution is 9.09. The number of alkyl halides is 1. The molecular weight excluding hydrogens is 526 g/mol. The molecular formula is C30H24BrN5O. The third kappa shape index (κ3) is 3.44. The molecule has 7 heteroatoms. The van der Waals surface area contributed by atoms with Crippen molar-refractivity contribution in [2.45, 2.75) is 37.2 Å². The molecule has 4 aromatic carbocycles. The van der Waals surface area contributed by atoms with E-state index in [1.54, 1.807) is 0 Å². The second kappa shape index (κ2) is 8.08. The Labute approximate surface area is 222 Å². The molecule has 1 aliphatic heterocycles. The fraction of sp³-hybridized carbons (Fsp3) is 0.200. The number of fused-ring (bicyclic) bond motifs is 7. The van der Waals surface area contributed by atoms with E-state index >= 15 is 0 Å². The van der Waals surface area contributed by atoms with Gasteiger partial charge in [0, 0.05) is 21.9 Å². The van der Waals surface area contributed by atoms with Crippen LogP contribution in [0.15, 0.2) is 79.0 Å². The van der Waals surface area contributed by atoms with E-state index in [-0.39, 0.29) is 10.9 Å². The summed E-state index contributed by atoms with van der Waals surface area (Å²) in [5, 5.41) is 11.2. The number of nitrogens with zero attached hydrogens (tertiary/aromatic N) is 5. The lowest BCUT2D eigenvalue weighted by atomic mass is 9.86. The first-order valence-corrected chi connectivity index (χ1v) is 13.3. The fourth-order valence-electron chi connectivity index (χ4n) is 5.28. The molecule has 6 nitrogen and oxygen atoms in total. The Morgan fingerprint density at radius 3 is 2.22 bits per heavy atom. The number of hydrogen-bond acceptors (Lipinski definition) is 5. The van der Waals surface area contributed by atoms with Gasteiger partial charge in [0.1, 0.15) is 23.1 Å². The van der Waals surface area contributed by atoms with Crippen LogP contribution < -0.4 is 4.74 Å². The highest BCUT2D eigenvalue weighted by Gasteiger charge is 2.46. The summed E-state index contributed by atoms with van der Waals surface area (Å²) in [7, 11) is 0. The van der Waals surface area contributed by atoms with Crippen molar-refractivity contribution in [1.29, 1.82) is 0 Å². The van der Waals surface area contributed by atoms with E-state index in [4.69, 9.17) is 14.7 Å². The standard InChI is InChI=1S/C30H24BrN5O/c1-17-12-14-18(15-13-17)23-16-36(35-34-23)27-24-26-25(32-21-10-6-7-11-22(21)33-26)19-8-4-5-9-20(19)28(24)37-30(2,3)29(27)31/h4-16,27,29H,1-3H3/t27-,29+/m1/s1. The Balaban J connectivity index is 1.55. The van der Waals surface area contributed by atoms with E-state index < -0.39 is 5.60 Å². The maximum atomic E-state index is 6.75. The molecule has 37 heavy (non-hydrogen) atoms. The summed E-state index contributed by atoms with van der Waals surface area (Å²) in [6.07, 6.45) is 2.02. The highest BCUT2D eigenvalue weighted by atomic mass is 79.9. The highest BCUT2D eigenvalue weighted by Crippen LogP contribution is 2.51. The van der Waals surface area contributed by atoms with Gasteiger partial charge in [-0.25, -0.2) is 14.6 Å². The van der Waals surface area contributed by atoms with Gasteiger partial charge in [-0.15, -0.1) is 5.10 Å². The van der Waals surface area contributed by atoms with Crippen LogP contribution in [0.2, 0.25) is 0 Å². The zero-order chi connectivity index (χ0) is 25.3. The minimum absolute atomic E-state index is 0.0994. The maximum Gasteiger partial charge on any atom is 0.135 e. The molecule has 0 aliphatic carbocycles. The molecule has 7 rings (SSSR count). The Hall–Kier alpha value is -3.84. The van der Waals surface area contributed by atoms with Gasteiger partial charge in [-0.1, -0.05) is 87.4 Å². The molecule has 0 amide bonds. The molecule has 0 unspecified atom stereocenters. The predicted molar refractivity (Wildman–Crippen MR) is 150 cm³/mol. The normalized spacial score (nSPS) is 18.7. The topological polar surface area (TPSA) is 65.7 Å². The number of aryl methyl sites for hydroxylation is 1. The lowest BCUT2D eigenvalue weighted by Gasteiger charge is -2.42. The molecule has 0 N–H and O–H groups in total. The van der Waals surface area contributed by atoms with Gasteiger partial charge < -0.3 is 4.74 Å². The van der Waals surface area contributed by atoms with Gasteiger partial charge in [0.2, 0.25) is 0 Å². The molecule has 0 saturated heterocycles. The molecule has 2 aromatic heterocycles. The zero-order valence-corrected chi connectivity index (χ0v) is 22.3. The number of para-hydroxylation sites is 2. The lowest BCUT2D eigenvalue weighted by molar-refractivity contribution is 0.0772. The Morgan fingerprint density at radius 1 is 0.838 bits per heavy atom. The van der Waals surface area contributed by atoms with Crippen LogP contribution in [-0.4, -0.2) is 35.4 Å². The zero-order valence-electron chi connectivity index (χ0n) is 20.7. The fourth-order valence-corrected chi connectivity index (χ4v) is 5.88. The van der Waals surface area contributed by atoms with Crippen molar-refractivity contribution >= 4 is 48.8 Å². The number of benzene rings is 4. The molecule has 0 bridgehead atoms. The van der Waals surface area contributed by atoms with Crippen molar-refractivity contribution in [2.24, 2.45) is 0 Å². The number of rotatable bonds is 2. The monoisotopic (exact) mass is 549 g/mol. The van der Waals surface area contributed by atoms with E-state index in [1.165, 1.54) is 5.56 Å². The second-order valence-corrected chi connectivity index (χ2v) is 11.2. The summed E-state index contributed by atoms with van der Waals surface area (Å²) in [4.78, 5) is 10.1. The number of aromatic nitrogens is 5. The van der Waals surface area contributed by atoms with E-state index in [0.29, 0.717) is 0 Å². The van der Waals surface area contributed by atoms with E-state index in [0.717, 1.165) is 55.4 Å². The summed E-state index contributed by atoms with van der Waals surface area (Å²) < 4.78 is 8.69. The van der Waals surface area contributed by atoms with Gasteiger partial charge in [-0.05, 0) is 32.9 Å². The summed E-state index contributed by atoms with van der Waals surface area (Å²) in [5.74, 6) is 0.825. The Morgan fingerprint density at radius 2 is 1.49 bits per heavy atom. The smallest absolute Gasteiger partial charge is 0.135 e. The third-order valence-corrected chi connectivity index (χ3v) is 8.85. The molecule has 2 atom stereocenters. The van der Waals surface area contributed by atoms with Crippen LogP contribution in [0.4, 0.5) is 0 Å². The first-order chi connectivity index (χ1) is 17.9. The summed E-state index contributed by atoms with van der Waals surface area (Å²) in [5.41, 5.74) is 6.91. The largest absolute Gasteiger partial charge is 0.485 e. The number of halogens is 1. The minimum atomic E-state index is -0.519. The van der Waals surface area contributed by atoms with E-state index in [2.05, 4.69) is 83.4 Å². The average molecular weight is 550 g/mol. The molecule has 0 fully saturated rings. The predicted octanol–water partition coefficient (Wildman–Crippen LogP) is 7.03. The van der Waals surface area contributed by atoms with Crippen LogP contribution in [-0.2, 0) is 0 Å². The lowest BCUT2D eigenvalue weighted by Crippen LogP contribution is -2.47. The minimum Gasteiger partial charge on any atom is -0.485 e. The number of hydrogen-bond donors (Lipinski definition) is 0. The summed E-state index contributed by atoms with van der Waals surface area (Å²) in [6, 6.07) is 24.4. The van der Waals surface area contributed by atoms with Crippen molar-refractivity contribution < 1.29 is 4.74 Å². The van der Waals surface area contributed by atoms with Crippen molar-refractivity contribution in [1.82, 2.24) is 25.0 Å². The summed E-state index contributed by atoms with van der Waals surface area (Å²) in [6.45, 7) is 6.29. The third-order valence-electron chi connectivity index (χ3n) is 7.24. The van der Waals surface area contributed by atoms with Gasteiger partial charge in [-0.2, -0.15) is 0 Å². The molecule has 1 aliphatic rings. The SMILES string of the molecule is Cc1ccc(-c2cn([C@@H]3c4c(c5ccccc5c5nc6ccccc6nc45)OC(C)(C)[C@H]3Br)nn2)cc1. The first kappa shape index (κ1) is 22.4. The molecule has 0 spiro atoms. The molecule has 0 radical (unpaired) electrons.